The van der Waals surface area contributed by atoms with E-state index in [9.17, 15) is 0 Å². The first-order chi connectivity index (χ1) is 7.52. The SMILES string of the molecule is CN(C)Cc1c(Br)c2c(Cl)ncnc2n1C. The van der Waals surface area contributed by atoms with Crippen LogP contribution < -0.4 is 0 Å². The van der Waals surface area contributed by atoms with Gasteiger partial charge in [0.2, 0.25) is 0 Å². The van der Waals surface area contributed by atoms with Crippen molar-refractivity contribution in [2.45, 2.75) is 6.54 Å². The van der Waals surface area contributed by atoms with E-state index in [2.05, 4.69) is 30.8 Å². The molecule has 2 rings (SSSR count). The smallest absolute Gasteiger partial charge is 0.146 e. The number of fused-ring (bicyclic) bond motifs is 1. The van der Waals surface area contributed by atoms with Gasteiger partial charge in [-0.2, -0.15) is 0 Å². The molecule has 0 aliphatic heterocycles. The fraction of sp³-hybridized carbons (Fsp3) is 0.400. The lowest BCUT2D eigenvalue weighted by Crippen LogP contribution is -2.13. The zero-order chi connectivity index (χ0) is 11.9. The number of rotatable bonds is 2. The highest BCUT2D eigenvalue weighted by atomic mass is 79.9. The molecule has 2 aromatic rings. The standard InChI is InChI=1S/C10H12BrClN4/c1-15(2)4-6-8(11)7-9(12)13-5-14-10(7)16(6)3/h5H,4H2,1-3H3. The zero-order valence-corrected chi connectivity index (χ0v) is 11.7. The zero-order valence-electron chi connectivity index (χ0n) is 9.33. The number of hydrogen-bond acceptors (Lipinski definition) is 3. The molecule has 0 atom stereocenters. The van der Waals surface area contributed by atoms with Crippen LogP contribution in [0.3, 0.4) is 0 Å². The molecule has 0 saturated heterocycles. The summed E-state index contributed by atoms with van der Waals surface area (Å²) in [5, 5.41) is 1.36. The molecule has 0 unspecified atom stereocenters. The van der Waals surface area contributed by atoms with Crippen molar-refractivity contribution >= 4 is 38.6 Å². The van der Waals surface area contributed by atoms with Crippen molar-refractivity contribution < 1.29 is 0 Å². The third kappa shape index (κ3) is 1.83. The Morgan fingerprint density at radius 3 is 2.69 bits per heavy atom. The predicted molar refractivity (Wildman–Crippen MR) is 68.6 cm³/mol. The molecule has 0 aliphatic carbocycles. The van der Waals surface area contributed by atoms with Gasteiger partial charge < -0.3 is 9.47 Å². The van der Waals surface area contributed by atoms with Gasteiger partial charge in [0.05, 0.1) is 9.86 Å². The van der Waals surface area contributed by atoms with Crippen LogP contribution in [0.2, 0.25) is 5.15 Å². The Bertz CT molecular complexity index is 535. The maximum absolute atomic E-state index is 6.08. The summed E-state index contributed by atoms with van der Waals surface area (Å²) in [7, 11) is 6.03. The molecule has 0 radical (unpaired) electrons. The number of hydrogen-bond donors (Lipinski definition) is 0. The fourth-order valence-corrected chi connectivity index (χ4v) is 2.79. The van der Waals surface area contributed by atoms with E-state index in [-0.39, 0.29) is 0 Å². The Morgan fingerprint density at radius 1 is 1.44 bits per heavy atom. The van der Waals surface area contributed by atoms with Crippen molar-refractivity contribution in [3.05, 3.63) is 21.6 Å². The molecule has 86 valence electrons. The molecular formula is C10H12BrClN4. The molecule has 0 spiro atoms. The normalized spacial score (nSPS) is 11.6. The van der Waals surface area contributed by atoms with Crippen LogP contribution in [0.15, 0.2) is 10.8 Å². The van der Waals surface area contributed by atoms with Crippen molar-refractivity contribution in [1.29, 1.82) is 0 Å². The molecule has 0 saturated carbocycles. The van der Waals surface area contributed by atoms with Gasteiger partial charge in [0, 0.05) is 19.3 Å². The number of halogens is 2. The second kappa shape index (κ2) is 4.31. The molecular weight excluding hydrogens is 291 g/mol. The van der Waals surface area contributed by atoms with E-state index in [1.807, 2.05) is 25.7 Å². The number of aryl methyl sites for hydroxylation is 1. The van der Waals surface area contributed by atoms with Gasteiger partial charge in [-0.15, -0.1) is 0 Å². The summed E-state index contributed by atoms with van der Waals surface area (Å²) < 4.78 is 3.01. The minimum Gasteiger partial charge on any atom is -0.330 e. The van der Waals surface area contributed by atoms with Gasteiger partial charge in [-0.25, -0.2) is 9.97 Å². The van der Waals surface area contributed by atoms with Crippen molar-refractivity contribution in [3.8, 4) is 0 Å². The summed E-state index contributed by atoms with van der Waals surface area (Å²) >= 11 is 9.65. The molecule has 0 aromatic carbocycles. The van der Waals surface area contributed by atoms with Crippen molar-refractivity contribution in [3.63, 3.8) is 0 Å². The summed E-state index contributed by atoms with van der Waals surface area (Å²) in [4.78, 5) is 10.3. The number of nitrogens with zero attached hydrogens (tertiary/aromatic N) is 4. The van der Waals surface area contributed by atoms with E-state index in [4.69, 9.17) is 11.6 Å². The molecule has 0 amide bonds. The van der Waals surface area contributed by atoms with E-state index < -0.39 is 0 Å². The van der Waals surface area contributed by atoms with E-state index in [1.165, 1.54) is 6.33 Å². The molecule has 6 heteroatoms. The van der Waals surface area contributed by atoms with Gasteiger partial charge in [-0.1, -0.05) is 11.6 Å². The first-order valence-electron chi connectivity index (χ1n) is 4.80. The average molecular weight is 304 g/mol. The van der Waals surface area contributed by atoms with Crippen LogP contribution in [0.25, 0.3) is 11.0 Å². The highest BCUT2D eigenvalue weighted by molar-refractivity contribution is 9.10. The maximum atomic E-state index is 6.08. The first-order valence-corrected chi connectivity index (χ1v) is 5.97. The molecule has 4 nitrogen and oxygen atoms in total. The Balaban J connectivity index is 2.72. The van der Waals surface area contributed by atoms with Gasteiger partial charge in [0.25, 0.3) is 0 Å². The lowest BCUT2D eigenvalue weighted by molar-refractivity contribution is 0.391. The Labute approximate surface area is 107 Å². The lowest BCUT2D eigenvalue weighted by Gasteiger charge is -2.10. The topological polar surface area (TPSA) is 34.0 Å². The second-order valence-corrected chi connectivity index (χ2v) is 5.07. The van der Waals surface area contributed by atoms with Gasteiger partial charge in [0.15, 0.2) is 0 Å². The van der Waals surface area contributed by atoms with E-state index >= 15 is 0 Å². The second-order valence-electron chi connectivity index (χ2n) is 3.92. The van der Waals surface area contributed by atoms with Crippen molar-refractivity contribution in [1.82, 2.24) is 19.4 Å². The van der Waals surface area contributed by atoms with E-state index in [0.29, 0.717) is 5.15 Å². The molecule has 0 fully saturated rings. The molecule has 0 bridgehead atoms. The molecule has 0 aliphatic rings. The summed E-state index contributed by atoms with van der Waals surface area (Å²) in [5.74, 6) is 0. The predicted octanol–water partition coefficient (Wildman–Crippen LogP) is 2.45. The fourth-order valence-electron chi connectivity index (χ4n) is 1.69. The van der Waals surface area contributed by atoms with Crippen LogP contribution in [-0.2, 0) is 13.6 Å². The van der Waals surface area contributed by atoms with Crippen molar-refractivity contribution in [2.75, 3.05) is 14.1 Å². The lowest BCUT2D eigenvalue weighted by atomic mass is 10.3. The van der Waals surface area contributed by atoms with Gasteiger partial charge in [0.1, 0.15) is 17.1 Å². The van der Waals surface area contributed by atoms with Crippen LogP contribution in [0, 0.1) is 0 Å². The summed E-state index contributed by atoms with van der Waals surface area (Å²) in [6.45, 7) is 0.823. The largest absolute Gasteiger partial charge is 0.330 e. The summed E-state index contributed by atoms with van der Waals surface area (Å²) in [6.07, 6.45) is 1.48. The highest BCUT2D eigenvalue weighted by Gasteiger charge is 2.17. The molecule has 0 N–H and O–H groups in total. The molecule has 2 heterocycles. The van der Waals surface area contributed by atoms with Crippen LogP contribution in [-0.4, -0.2) is 33.5 Å². The Kier molecular flexibility index (Phi) is 3.19. The quantitative estimate of drug-likeness (QED) is 0.799. The third-order valence-corrected chi connectivity index (χ3v) is 3.58. The third-order valence-electron chi connectivity index (χ3n) is 2.44. The van der Waals surface area contributed by atoms with E-state index in [1.54, 1.807) is 0 Å². The van der Waals surface area contributed by atoms with Crippen LogP contribution >= 0.6 is 27.5 Å². The number of aromatic nitrogens is 3. The van der Waals surface area contributed by atoms with Crippen LogP contribution in [0.5, 0.6) is 0 Å². The minimum absolute atomic E-state index is 0.484. The van der Waals surface area contributed by atoms with Gasteiger partial charge >= 0.3 is 0 Å². The Hall–Kier alpha value is -0.650. The van der Waals surface area contributed by atoms with Gasteiger partial charge in [-0.05, 0) is 30.0 Å². The Morgan fingerprint density at radius 2 is 2.12 bits per heavy atom. The first kappa shape index (κ1) is 11.8. The van der Waals surface area contributed by atoms with Crippen molar-refractivity contribution in [2.24, 2.45) is 7.05 Å². The molecule has 16 heavy (non-hydrogen) atoms. The van der Waals surface area contributed by atoms with Crippen LogP contribution in [0.1, 0.15) is 5.69 Å². The summed E-state index contributed by atoms with van der Waals surface area (Å²) in [6, 6.07) is 0. The van der Waals surface area contributed by atoms with E-state index in [0.717, 1.165) is 27.7 Å². The van der Waals surface area contributed by atoms with Gasteiger partial charge in [-0.3, -0.25) is 0 Å². The average Bonchev–Trinajstić information content (AvgIpc) is 2.44. The maximum Gasteiger partial charge on any atom is 0.146 e. The monoisotopic (exact) mass is 302 g/mol. The minimum atomic E-state index is 0.484. The summed E-state index contributed by atoms with van der Waals surface area (Å²) in [5.41, 5.74) is 1.99. The highest BCUT2D eigenvalue weighted by Crippen LogP contribution is 2.33. The molecule has 2 aromatic heterocycles. The van der Waals surface area contributed by atoms with Crippen LogP contribution in [0.4, 0.5) is 0 Å².